The van der Waals surface area contributed by atoms with Crippen molar-refractivity contribution in [1.82, 2.24) is 19.9 Å². The third-order valence-electron chi connectivity index (χ3n) is 3.64. The van der Waals surface area contributed by atoms with Gasteiger partial charge in [0.15, 0.2) is 5.82 Å². The number of hydrogen-bond donors (Lipinski definition) is 0. The van der Waals surface area contributed by atoms with Crippen molar-refractivity contribution >= 4 is 17.2 Å². The molecule has 6 nitrogen and oxygen atoms in total. The van der Waals surface area contributed by atoms with Gasteiger partial charge in [-0.3, -0.25) is 9.88 Å². The number of anilines is 1. The molecule has 0 amide bonds. The predicted molar refractivity (Wildman–Crippen MR) is 87.2 cm³/mol. The highest BCUT2D eigenvalue weighted by Crippen LogP contribution is 2.27. The number of aryl methyl sites for hydroxylation is 1. The lowest BCUT2D eigenvalue weighted by molar-refractivity contribution is -0.0351. The van der Waals surface area contributed by atoms with Crippen LogP contribution in [0.2, 0.25) is 0 Å². The van der Waals surface area contributed by atoms with Gasteiger partial charge < -0.3 is 9.64 Å². The summed E-state index contributed by atoms with van der Waals surface area (Å²) in [7, 11) is 3.96. The molecule has 3 heterocycles. The third kappa shape index (κ3) is 3.43. The van der Waals surface area contributed by atoms with E-state index in [0.717, 1.165) is 41.8 Å². The molecule has 3 rings (SSSR count). The molecule has 0 bridgehead atoms. The predicted octanol–water partition coefficient (Wildman–Crippen LogP) is 1.88. The fourth-order valence-electron chi connectivity index (χ4n) is 2.63. The van der Waals surface area contributed by atoms with Crippen LogP contribution in [0.25, 0.3) is 0 Å². The normalized spacial score (nSPS) is 19.3. The molecular formula is C15H21N5OS. The molecule has 1 atom stereocenters. The Bertz CT molecular complexity index is 630. The summed E-state index contributed by atoms with van der Waals surface area (Å²) in [4.78, 5) is 17.8. The first-order valence-electron chi connectivity index (χ1n) is 7.36. The van der Waals surface area contributed by atoms with E-state index in [1.165, 1.54) is 0 Å². The van der Waals surface area contributed by atoms with Crippen LogP contribution in [-0.2, 0) is 11.3 Å². The van der Waals surface area contributed by atoms with Gasteiger partial charge in [-0.05, 0) is 6.92 Å². The van der Waals surface area contributed by atoms with Crippen molar-refractivity contribution in [2.75, 3.05) is 38.7 Å². The molecule has 0 radical (unpaired) electrons. The molecule has 7 heteroatoms. The van der Waals surface area contributed by atoms with E-state index >= 15 is 0 Å². The van der Waals surface area contributed by atoms with Crippen LogP contribution in [0.1, 0.15) is 22.5 Å². The van der Waals surface area contributed by atoms with Gasteiger partial charge >= 0.3 is 0 Å². The molecule has 2 aromatic heterocycles. The van der Waals surface area contributed by atoms with Crippen molar-refractivity contribution in [2.45, 2.75) is 19.6 Å². The van der Waals surface area contributed by atoms with Gasteiger partial charge in [0, 0.05) is 51.5 Å². The van der Waals surface area contributed by atoms with Crippen LogP contribution in [0.15, 0.2) is 17.8 Å². The molecule has 22 heavy (non-hydrogen) atoms. The van der Waals surface area contributed by atoms with Crippen LogP contribution in [0.3, 0.4) is 0 Å². The van der Waals surface area contributed by atoms with Crippen molar-refractivity contribution in [3.05, 3.63) is 34.2 Å². The van der Waals surface area contributed by atoms with Gasteiger partial charge in [-0.2, -0.15) is 0 Å². The zero-order valence-electron chi connectivity index (χ0n) is 13.2. The Morgan fingerprint density at radius 2 is 2.18 bits per heavy atom. The summed E-state index contributed by atoms with van der Waals surface area (Å²) in [5.74, 6) is 0.874. The van der Waals surface area contributed by atoms with E-state index in [9.17, 15) is 0 Å². The van der Waals surface area contributed by atoms with E-state index in [0.29, 0.717) is 6.61 Å². The number of nitrogens with zero attached hydrogens (tertiary/aromatic N) is 5. The Labute approximate surface area is 134 Å². The van der Waals surface area contributed by atoms with Gasteiger partial charge in [-0.1, -0.05) is 0 Å². The first-order valence-corrected chi connectivity index (χ1v) is 8.24. The van der Waals surface area contributed by atoms with E-state index in [4.69, 9.17) is 4.74 Å². The summed E-state index contributed by atoms with van der Waals surface area (Å²) in [6, 6.07) is 0. The van der Waals surface area contributed by atoms with Crippen molar-refractivity contribution in [3.63, 3.8) is 0 Å². The maximum Gasteiger partial charge on any atom is 0.152 e. The van der Waals surface area contributed by atoms with E-state index in [-0.39, 0.29) is 6.10 Å². The molecule has 118 valence electrons. The molecule has 1 aliphatic heterocycles. The molecular weight excluding hydrogens is 298 g/mol. The summed E-state index contributed by atoms with van der Waals surface area (Å²) >= 11 is 1.70. The average Bonchev–Trinajstić information content (AvgIpc) is 2.92. The Balaban J connectivity index is 1.73. The van der Waals surface area contributed by atoms with E-state index < -0.39 is 0 Å². The lowest BCUT2D eigenvalue weighted by Gasteiger charge is -2.33. The van der Waals surface area contributed by atoms with E-state index in [1.54, 1.807) is 23.7 Å². The van der Waals surface area contributed by atoms with Crippen molar-refractivity contribution < 1.29 is 4.74 Å². The number of hydrogen-bond acceptors (Lipinski definition) is 7. The summed E-state index contributed by atoms with van der Waals surface area (Å²) < 4.78 is 5.94. The molecule has 0 aromatic carbocycles. The Morgan fingerprint density at radius 1 is 1.36 bits per heavy atom. The van der Waals surface area contributed by atoms with Crippen molar-refractivity contribution in [2.24, 2.45) is 0 Å². The number of rotatable bonds is 4. The van der Waals surface area contributed by atoms with Crippen molar-refractivity contribution in [3.8, 4) is 0 Å². The Kier molecular flexibility index (Phi) is 4.66. The smallest absolute Gasteiger partial charge is 0.152 e. The first kappa shape index (κ1) is 15.3. The highest BCUT2D eigenvalue weighted by atomic mass is 32.1. The van der Waals surface area contributed by atoms with Gasteiger partial charge in [0.25, 0.3) is 0 Å². The second-order valence-electron chi connectivity index (χ2n) is 5.61. The lowest BCUT2D eigenvalue weighted by atomic mass is 10.2. The molecule has 0 spiro atoms. The highest BCUT2D eigenvalue weighted by Gasteiger charge is 2.26. The maximum atomic E-state index is 5.94. The minimum absolute atomic E-state index is 0.0421. The van der Waals surface area contributed by atoms with Crippen LogP contribution in [0.5, 0.6) is 0 Å². The number of morpholine rings is 1. The van der Waals surface area contributed by atoms with Crippen LogP contribution in [0.4, 0.5) is 5.82 Å². The zero-order valence-corrected chi connectivity index (χ0v) is 14.0. The second-order valence-corrected chi connectivity index (χ2v) is 6.67. The Morgan fingerprint density at radius 3 is 2.91 bits per heavy atom. The van der Waals surface area contributed by atoms with Crippen LogP contribution < -0.4 is 4.90 Å². The summed E-state index contributed by atoms with van der Waals surface area (Å²) in [5.41, 5.74) is 2.04. The number of ether oxygens (including phenoxy) is 1. The lowest BCUT2D eigenvalue weighted by Crippen LogP contribution is -2.38. The van der Waals surface area contributed by atoms with Gasteiger partial charge in [0.1, 0.15) is 11.8 Å². The topological polar surface area (TPSA) is 54.4 Å². The minimum atomic E-state index is -0.0421. The van der Waals surface area contributed by atoms with Gasteiger partial charge in [0.05, 0.1) is 17.3 Å². The second kappa shape index (κ2) is 6.68. The molecule has 1 saturated heterocycles. The van der Waals surface area contributed by atoms with E-state index in [1.807, 2.05) is 25.9 Å². The third-order valence-corrected chi connectivity index (χ3v) is 4.46. The molecule has 1 aliphatic rings. The fourth-order valence-corrected chi connectivity index (χ4v) is 3.24. The monoisotopic (exact) mass is 319 g/mol. The molecule has 0 saturated carbocycles. The average molecular weight is 319 g/mol. The van der Waals surface area contributed by atoms with Crippen molar-refractivity contribution in [1.29, 1.82) is 0 Å². The molecule has 1 fully saturated rings. The molecule has 2 aromatic rings. The zero-order chi connectivity index (χ0) is 15.5. The van der Waals surface area contributed by atoms with Crippen LogP contribution in [-0.4, -0.2) is 53.6 Å². The molecule has 0 unspecified atom stereocenters. The standard InChI is InChI=1S/C15H21N5OS/c1-11-18-12(10-22-11)8-20-6-7-21-13(9-20)14-15(19(2)3)17-5-4-16-14/h4-5,10,13H,6-9H2,1-3H3/t13-/m0/s1. The minimum Gasteiger partial charge on any atom is -0.369 e. The maximum absolute atomic E-state index is 5.94. The SMILES string of the molecule is Cc1nc(CN2CCO[C@H](c3nccnc3N(C)C)C2)cs1. The molecule has 0 aliphatic carbocycles. The van der Waals surface area contributed by atoms with Crippen LogP contribution >= 0.6 is 11.3 Å². The Hall–Kier alpha value is -1.57. The number of thiazole rings is 1. The number of aromatic nitrogens is 3. The highest BCUT2D eigenvalue weighted by molar-refractivity contribution is 7.09. The summed E-state index contributed by atoms with van der Waals surface area (Å²) in [5, 5.41) is 3.25. The first-order chi connectivity index (χ1) is 10.6. The summed E-state index contributed by atoms with van der Waals surface area (Å²) in [6.07, 6.45) is 3.41. The van der Waals surface area contributed by atoms with Crippen LogP contribution in [0, 0.1) is 6.92 Å². The van der Waals surface area contributed by atoms with E-state index in [2.05, 4.69) is 25.2 Å². The van der Waals surface area contributed by atoms with Gasteiger partial charge in [-0.25, -0.2) is 9.97 Å². The largest absolute Gasteiger partial charge is 0.369 e. The van der Waals surface area contributed by atoms with Gasteiger partial charge in [0.2, 0.25) is 0 Å². The quantitative estimate of drug-likeness (QED) is 0.858. The van der Waals surface area contributed by atoms with Gasteiger partial charge in [-0.15, -0.1) is 11.3 Å². The fraction of sp³-hybridized carbons (Fsp3) is 0.533. The molecule has 0 N–H and O–H groups in total. The summed E-state index contributed by atoms with van der Waals surface area (Å²) in [6.45, 7) is 5.35.